The Morgan fingerprint density at radius 1 is 1.12 bits per heavy atom. The van der Waals surface area contributed by atoms with Crippen molar-refractivity contribution in [3.05, 3.63) is 17.0 Å². The largest absolute Gasteiger partial charge is 0.315 e. The fraction of sp³-hybridized carbons (Fsp3) is 0.714. The molecule has 0 radical (unpaired) electrons. The molecule has 4 fully saturated rings. The molecule has 0 unspecified atom stereocenters. The summed E-state index contributed by atoms with van der Waals surface area (Å²) in [5, 5.41) is 3.47. The number of thiophene rings is 1. The number of anilines is 1. The predicted octanol–water partition coefficient (Wildman–Crippen LogP) is 3.50. The fourth-order valence-electron chi connectivity index (χ4n) is 5.15. The van der Waals surface area contributed by atoms with E-state index in [1.54, 1.807) is 16.9 Å². The number of hydrogen-bond acceptors (Lipinski definition) is 3. The van der Waals surface area contributed by atoms with Gasteiger partial charge in [0.05, 0.1) is 0 Å². The lowest BCUT2D eigenvalue weighted by Gasteiger charge is -2.56. The second-order valence-electron chi connectivity index (χ2n) is 6.54. The molecule has 4 aliphatic rings. The van der Waals surface area contributed by atoms with E-state index >= 15 is 0 Å². The van der Waals surface area contributed by atoms with Gasteiger partial charge in [-0.3, -0.25) is 0 Å². The second-order valence-corrected chi connectivity index (χ2v) is 7.45. The molecule has 1 aromatic rings. The molecule has 5 rings (SSSR count). The molecule has 0 amide bonds. The Bertz CT molecular complexity index is 402. The lowest BCUT2D eigenvalue weighted by Crippen LogP contribution is -2.48. The molecule has 17 heavy (non-hydrogen) atoms. The molecule has 0 spiro atoms. The fourth-order valence-corrected chi connectivity index (χ4v) is 5.99. The zero-order valence-electron chi connectivity index (χ0n) is 10.1. The van der Waals surface area contributed by atoms with Crippen molar-refractivity contribution in [2.75, 3.05) is 5.43 Å². The first-order valence-corrected chi connectivity index (χ1v) is 7.71. The van der Waals surface area contributed by atoms with E-state index < -0.39 is 0 Å². The van der Waals surface area contributed by atoms with Gasteiger partial charge in [0.1, 0.15) is 5.00 Å². The summed E-state index contributed by atoms with van der Waals surface area (Å²) in [6.07, 6.45) is 8.89. The second kappa shape index (κ2) is 3.48. The van der Waals surface area contributed by atoms with Crippen molar-refractivity contribution in [2.45, 2.75) is 43.9 Å². The third kappa shape index (κ3) is 1.48. The first kappa shape index (κ1) is 10.4. The highest BCUT2D eigenvalue weighted by atomic mass is 32.1. The van der Waals surface area contributed by atoms with Crippen LogP contribution in [0.15, 0.2) is 11.4 Å². The lowest BCUT2D eigenvalue weighted by atomic mass is 9.48. The minimum absolute atomic E-state index is 0.528. The van der Waals surface area contributed by atoms with Gasteiger partial charge in [0.15, 0.2) is 0 Å². The van der Waals surface area contributed by atoms with Gasteiger partial charge < -0.3 is 5.43 Å². The number of nitrogens with two attached hydrogens (primary N) is 1. The number of nitrogen functional groups attached to an aromatic ring is 1. The Labute approximate surface area is 107 Å². The van der Waals surface area contributed by atoms with Crippen LogP contribution in [0.5, 0.6) is 0 Å². The third-order valence-electron chi connectivity index (χ3n) is 5.39. The first-order valence-electron chi connectivity index (χ1n) is 6.83. The minimum atomic E-state index is 0.528. The maximum atomic E-state index is 5.52. The van der Waals surface area contributed by atoms with Crippen molar-refractivity contribution in [1.82, 2.24) is 0 Å². The molecule has 3 N–H and O–H groups in total. The molecule has 4 aliphatic carbocycles. The standard InChI is InChI=1S/C14H20N2S/c15-16-13-4-12(8-17-13)14-5-9-1-10(6-14)3-11(2-9)7-14/h4,8-11,16H,1-3,5-7,15H2. The molecule has 4 saturated carbocycles. The van der Waals surface area contributed by atoms with Crippen LogP contribution in [-0.2, 0) is 5.41 Å². The molecule has 0 saturated heterocycles. The minimum Gasteiger partial charge on any atom is -0.315 e. The van der Waals surface area contributed by atoms with Crippen LogP contribution >= 0.6 is 11.3 Å². The molecular formula is C14H20N2S. The SMILES string of the molecule is NNc1cc(C23CC4CC(CC(C4)C2)C3)cs1. The van der Waals surface area contributed by atoms with Gasteiger partial charge in [-0.2, -0.15) is 0 Å². The topological polar surface area (TPSA) is 38.0 Å². The van der Waals surface area contributed by atoms with Crippen molar-refractivity contribution < 1.29 is 0 Å². The summed E-state index contributed by atoms with van der Waals surface area (Å²) in [4.78, 5) is 0. The van der Waals surface area contributed by atoms with Crippen LogP contribution in [0.4, 0.5) is 5.00 Å². The van der Waals surface area contributed by atoms with E-state index in [4.69, 9.17) is 5.84 Å². The Hall–Kier alpha value is -0.540. The first-order chi connectivity index (χ1) is 8.27. The maximum Gasteiger partial charge on any atom is 0.103 e. The molecular weight excluding hydrogens is 228 g/mol. The van der Waals surface area contributed by atoms with Crippen molar-refractivity contribution >= 4 is 16.3 Å². The highest BCUT2D eigenvalue weighted by Crippen LogP contribution is 2.61. The quantitative estimate of drug-likeness (QED) is 0.621. The van der Waals surface area contributed by atoms with E-state index in [0.29, 0.717) is 5.41 Å². The summed E-state index contributed by atoms with van der Waals surface area (Å²) >= 11 is 1.76. The van der Waals surface area contributed by atoms with Gasteiger partial charge in [0.25, 0.3) is 0 Å². The van der Waals surface area contributed by atoms with Gasteiger partial charge >= 0.3 is 0 Å². The van der Waals surface area contributed by atoms with Gasteiger partial charge in [-0.25, -0.2) is 5.84 Å². The van der Waals surface area contributed by atoms with Crippen LogP contribution in [0.3, 0.4) is 0 Å². The molecule has 4 bridgehead atoms. The van der Waals surface area contributed by atoms with Gasteiger partial charge in [-0.15, -0.1) is 11.3 Å². The predicted molar refractivity (Wildman–Crippen MR) is 72.0 cm³/mol. The highest BCUT2D eigenvalue weighted by Gasteiger charge is 2.51. The summed E-state index contributed by atoms with van der Waals surface area (Å²) in [5.41, 5.74) is 4.90. The molecule has 92 valence electrons. The average molecular weight is 248 g/mol. The summed E-state index contributed by atoms with van der Waals surface area (Å²) in [7, 11) is 0. The Morgan fingerprint density at radius 2 is 1.71 bits per heavy atom. The van der Waals surface area contributed by atoms with Crippen molar-refractivity contribution in [3.8, 4) is 0 Å². The van der Waals surface area contributed by atoms with Crippen molar-refractivity contribution in [1.29, 1.82) is 0 Å². The molecule has 0 aromatic carbocycles. The third-order valence-corrected chi connectivity index (χ3v) is 6.25. The monoisotopic (exact) mass is 248 g/mol. The normalized spacial score (nSPS) is 43.0. The van der Waals surface area contributed by atoms with E-state index in [1.165, 1.54) is 38.5 Å². The number of hydrogen-bond donors (Lipinski definition) is 2. The van der Waals surface area contributed by atoms with Crippen LogP contribution in [0.1, 0.15) is 44.1 Å². The van der Waals surface area contributed by atoms with Crippen LogP contribution in [0, 0.1) is 17.8 Å². The summed E-state index contributed by atoms with van der Waals surface area (Å²) in [5.74, 6) is 8.59. The van der Waals surface area contributed by atoms with Gasteiger partial charge in [-0.1, -0.05) is 0 Å². The van der Waals surface area contributed by atoms with Crippen LogP contribution in [-0.4, -0.2) is 0 Å². The molecule has 3 heteroatoms. The van der Waals surface area contributed by atoms with Crippen molar-refractivity contribution in [2.24, 2.45) is 23.6 Å². The maximum absolute atomic E-state index is 5.52. The van der Waals surface area contributed by atoms with Crippen LogP contribution in [0.2, 0.25) is 0 Å². The molecule has 0 atom stereocenters. The van der Waals surface area contributed by atoms with E-state index in [2.05, 4.69) is 16.9 Å². The van der Waals surface area contributed by atoms with Crippen LogP contribution in [0.25, 0.3) is 0 Å². The average Bonchev–Trinajstić information content (AvgIpc) is 2.76. The molecule has 0 aliphatic heterocycles. The molecule has 1 heterocycles. The zero-order valence-corrected chi connectivity index (χ0v) is 10.9. The van der Waals surface area contributed by atoms with E-state index in [1.807, 2.05) is 0 Å². The number of hydrazine groups is 1. The molecule has 1 aromatic heterocycles. The number of rotatable bonds is 2. The summed E-state index contributed by atoms with van der Waals surface area (Å²) in [6, 6.07) is 2.30. The lowest BCUT2D eigenvalue weighted by molar-refractivity contribution is -0.00497. The summed E-state index contributed by atoms with van der Waals surface area (Å²) in [6.45, 7) is 0. The number of nitrogens with one attached hydrogen (secondary N) is 1. The van der Waals surface area contributed by atoms with Gasteiger partial charge in [0.2, 0.25) is 0 Å². The Balaban J connectivity index is 1.72. The van der Waals surface area contributed by atoms with Gasteiger partial charge in [-0.05, 0) is 78.7 Å². The highest BCUT2D eigenvalue weighted by molar-refractivity contribution is 7.14. The van der Waals surface area contributed by atoms with E-state index in [-0.39, 0.29) is 0 Å². The van der Waals surface area contributed by atoms with Crippen molar-refractivity contribution in [3.63, 3.8) is 0 Å². The zero-order chi connectivity index (χ0) is 11.5. The summed E-state index contributed by atoms with van der Waals surface area (Å²) < 4.78 is 0. The Kier molecular flexibility index (Phi) is 2.13. The van der Waals surface area contributed by atoms with Gasteiger partial charge in [0, 0.05) is 0 Å². The molecule has 2 nitrogen and oxygen atoms in total. The van der Waals surface area contributed by atoms with E-state index in [9.17, 15) is 0 Å². The Morgan fingerprint density at radius 3 is 2.18 bits per heavy atom. The van der Waals surface area contributed by atoms with E-state index in [0.717, 1.165) is 22.8 Å². The van der Waals surface area contributed by atoms with Crippen LogP contribution < -0.4 is 11.3 Å². The smallest absolute Gasteiger partial charge is 0.103 e.